The van der Waals surface area contributed by atoms with E-state index in [1.807, 2.05) is 6.07 Å². The van der Waals surface area contributed by atoms with Gasteiger partial charge in [-0.25, -0.2) is 9.78 Å². The number of rotatable bonds is 2. The molecule has 0 saturated heterocycles. The Morgan fingerprint density at radius 3 is 2.53 bits per heavy atom. The highest BCUT2D eigenvalue weighted by Crippen LogP contribution is 2.13. The Morgan fingerprint density at radius 2 is 1.87 bits per heavy atom. The first-order chi connectivity index (χ1) is 7.27. The van der Waals surface area contributed by atoms with Crippen LogP contribution in [0.3, 0.4) is 0 Å². The molecule has 0 saturated carbocycles. The van der Waals surface area contributed by atoms with E-state index >= 15 is 0 Å². The van der Waals surface area contributed by atoms with E-state index in [9.17, 15) is 4.79 Å². The van der Waals surface area contributed by atoms with Crippen LogP contribution in [0.2, 0.25) is 0 Å². The summed E-state index contributed by atoms with van der Waals surface area (Å²) in [6, 6.07) is 10.2. The highest BCUT2D eigenvalue weighted by molar-refractivity contribution is 5.85. The first-order valence-corrected chi connectivity index (χ1v) is 4.39. The molecule has 0 aliphatic heterocycles. The summed E-state index contributed by atoms with van der Waals surface area (Å²) in [5, 5.41) is 8.77. The molecule has 15 heavy (non-hydrogen) atoms. The fourth-order valence-corrected chi connectivity index (χ4v) is 1.21. The average molecular weight is 200 g/mol. The first kappa shape index (κ1) is 9.33. The third kappa shape index (κ3) is 1.99. The molecule has 0 fully saturated rings. The van der Waals surface area contributed by atoms with E-state index in [0.29, 0.717) is 11.4 Å². The molecule has 2 aromatic heterocycles. The van der Waals surface area contributed by atoms with Gasteiger partial charge in [0.1, 0.15) is 5.69 Å². The van der Waals surface area contributed by atoms with Gasteiger partial charge in [-0.2, -0.15) is 0 Å². The second kappa shape index (κ2) is 3.88. The van der Waals surface area contributed by atoms with Gasteiger partial charge in [-0.3, -0.25) is 4.98 Å². The molecule has 0 radical (unpaired) electrons. The lowest BCUT2D eigenvalue weighted by molar-refractivity contribution is 0.0690. The number of pyridine rings is 2. The average Bonchev–Trinajstić information content (AvgIpc) is 2.30. The van der Waals surface area contributed by atoms with Crippen LogP contribution in [-0.2, 0) is 0 Å². The minimum atomic E-state index is -1.03. The summed E-state index contributed by atoms with van der Waals surface area (Å²) in [6.07, 6.45) is 1.64. The molecule has 0 aliphatic rings. The normalized spacial score (nSPS) is 9.87. The van der Waals surface area contributed by atoms with Crippen LogP contribution in [0.15, 0.2) is 42.6 Å². The van der Waals surface area contributed by atoms with E-state index in [4.69, 9.17) is 5.11 Å². The van der Waals surface area contributed by atoms with Gasteiger partial charge in [0.25, 0.3) is 0 Å². The number of carboxylic acids is 1. The minimum Gasteiger partial charge on any atom is -0.477 e. The molecule has 74 valence electrons. The van der Waals surface area contributed by atoms with Crippen molar-refractivity contribution in [2.45, 2.75) is 0 Å². The molecule has 0 unspecified atom stereocenters. The van der Waals surface area contributed by atoms with Crippen molar-refractivity contribution in [1.82, 2.24) is 9.97 Å². The van der Waals surface area contributed by atoms with E-state index in [1.165, 1.54) is 6.07 Å². The van der Waals surface area contributed by atoms with Crippen molar-refractivity contribution in [1.29, 1.82) is 0 Å². The monoisotopic (exact) mass is 200 g/mol. The zero-order valence-corrected chi connectivity index (χ0v) is 7.79. The second-order valence-corrected chi connectivity index (χ2v) is 2.93. The minimum absolute atomic E-state index is 0.0261. The van der Waals surface area contributed by atoms with E-state index < -0.39 is 5.97 Å². The van der Waals surface area contributed by atoms with E-state index in [-0.39, 0.29) is 5.69 Å². The van der Waals surface area contributed by atoms with Crippen LogP contribution in [0.25, 0.3) is 11.4 Å². The quantitative estimate of drug-likeness (QED) is 0.803. The predicted octanol–water partition coefficient (Wildman–Crippen LogP) is 1.84. The highest BCUT2D eigenvalue weighted by atomic mass is 16.4. The van der Waals surface area contributed by atoms with Crippen LogP contribution in [0.5, 0.6) is 0 Å². The maximum atomic E-state index is 10.7. The van der Waals surface area contributed by atoms with Crippen LogP contribution >= 0.6 is 0 Å². The first-order valence-electron chi connectivity index (χ1n) is 4.39. The molecular formula is C11H8N2O2. The van der Waals surface area contributed by atoms with Crippen molar-refractivity contribution in [2.24, 2.45) is 0 Å². The molecule has 2 heterocycles. The Kier molecular flexibility index (Phi) is 2.41. The smallest absolute Gasteiger partial charge is 0.354 e. The van der Waals surface area contributed by atoms with Crippen molar-refractivity contribution < 1.29 is 9.90 Å². The van der Waals surface area contributed by atoms with Gasteiger partial charge in [0, 0.05) is 6.20 Å². The van der Waals surface area contributed by atoms with E-state index in [1.54, 1.807) is 30.5 Å². The fourth-order valence-electron chi connectivity index (χ4n) is 1.21. The number of carboxylic acid groups (broad SMARTS) is 1. The standard InChI is InChI=1S/C11H8N2O2/c14-11(15)10-6-3-5-9(13-10)8-4-1-2-7-12-8/h1-7H,(H,14,15). The Bertz CT molecular complexity index is 483. The summed E-state index contributed by atoms with van der Waals surface area (Å²) in [6.45, 7) is 0. The van der Waals surface area contributed by atoms with Crippen molar-refractivity contribution in [3.05, 3.63) is 48.3 Å². The van der Waals surface area contributed by atoms with Gasteiger partial charge in [0.05, 0.1) is 11.4 Å². The van der Waals surface area contributed by atoms with Crippen molar-refractivity contribution in [3.8, 4) is 11.4 Å². The number of hydrogen-bond acceptors (Lipinski definition) is 3. The highest BCUT2D eigenvalue weighted by Gasteiger charge is 2.06. The topological polar surface area (TPSA) is 63.1 Å². The van der Waals surface area contributed by atoms with E-state index in [2.05, 4.69) is 9.97 Å². The Morgan fingerprint density at radius 1 is 1.07 bits per heavy atom. The number of carbonyl (C=O) groups is 1. The van der Waals surface area contributed by atoms with Crippen molar-refractivity contribution in [3.63, 3.8) is 0 Å². The van der Waals surface area contributed by atoms with Gasteiger partial charge >= 0.3 is 5.97 Å². The van der Waals surface area contributed by atoms with Gasteiger partial charge in [-0.15, -0.1) is 0 Å². The van der Waals surface area contributed by atoms with Crippen LogP contribution in [0.4, 0.5) is 0 Å². The zero-order valence-electron chi connectivity index (χ0n) is 7.79. The van der Waals surface area contributed by atoms with Gasteiger partial charge in [-0.05, 0) is 24.3 Å². The van der Waals surface area contributed by atoms with Gasteiger partial charge in [0.2, 0.25) is 0 Å². The molecule has 0 spiro atoms. The number of aromatic carboxylic acids is 1. The molecule has 0 bridgehead atoms. The summed E-state index contributed by atoms with van der Waals surface area (Å²) < 4.78 is 0. The van der Waals surface area contributed by atoms with Crippen molar-refractivity contribution >= 4 is 5.97 Å². The summed E-state index contributed by atoms with van der Waals surface area (Å²) in [4.78, 5) is 18.8. The number of aromatic nitrogens is 2. The van der Waals surface area contributed by atoms with E-state index in [0.717, 1.165) is 0 Å². The van der Waals surface area contributed by atoms with Gasteiger partial charge in [0.15, 0.2) is 0 Å². The molecule has 4 heteroatoms. The maximum Gasteiger partial charge on any atom is 0.354 e. The fraction of sp³-hybridized carbons (Fsp3) is 0. The van der Waals surface area contributed by atoms with Gasteiger partial charge < -0.3 is 5.11 Å². The molecule has 2 rings (SSSR count). The zero-order chi connectivity index (χ0) is 10.7. The van der Waals surface area contributed by atoms with Gasteiger partial charge in [-0.1, -0.05) is 12.1 Å². The molecule has 0 aromatic carbocycles. The Labute approximate surface area is 86.2 Å². The summed E-state index contributed by atoms with van der Waals surface area (Å²) in [5.74, 6) is -1.03. The molecule has 1 N–H and O–H groups in total. The molecule has 2 aromatic rings. The Hall–Kier alpha value is -2.23. The third-order valence-corrected chi connectivity index (χ3v) is 1.90. The molecular weight excluding hydrogens is 192 g/mol. The van der Waals surface area contributed by atoms with Crippen LogP contribution < -0.4 is 0 Å². The number of nitrogens with zero attached hydrogens (tertiary/aromatic N) is 2. The molecule has 0 atom stereocenters. The largest absolute Gasteiger partial charge is 0.477 e. The molecule has 0 amide bonds. The van der Waals surface area contributed by atoms with Crippen molar-refractivity contribution in [2.75, 3.05) is 0 Å². The predicted molar refractivity (Wildman–Crippen MR) is 54.4 cm³/mol. The summed E-state index contributed by atoms with van der Waals surface area (Å²) in [5.41, 5.74) is 1.26. The van der Waals surface area contributed by atoms with Crippen LogP contribution in [-0.4, -0.2) is 21.0 Å². The van der Waals surface area contributed by atoms with Crippen LogP contribution in [0, 0.1) is 0 Å². The lowest BCUT2D eigenvalue weighted by Gasteiger charge is -2.00. The SMILES string of the molecule is O=C(O)c1cccc(-c2ccccn2)n1. The Balaban J connectivity index is 2.46. The summed E-state index contributed by atoms with van der Waals surface area (Å²) >= 11 is 0. The lowest BCUT2D eigenvalue weighted by Crippen LogP contribution is -2.00. The third-order valence-electron chi connectivity index (χ3n) is 1.90. The molecule has 4 nitrogen and oxygen atoms in total. The second-order valence-electron chi connectivity index (χ2n) is 2.93. The van der Waals surface area contributed by atoms with Crippen LogP contribution in [0.1, 0.15) is 10.5 Å². The summed E-state index contributed by atoms with van der Waals surface area (Å²) in [7, 11) is 0. The lowest BCUT2D eigenvalue weighted by atomic mass is 10.2. The maximum absolute atomic E-state index is 10.7. The number of hydrogen-bond donors (Lipinski definition) is 1. The molecule has 0 aliphatic carbocycles.